The zero-order valence-electron chi connectivity index (χ0n) is 25.4. The first-order chi connectivity index (χ1) is 20.4. The third-order valence-electron chi connectivity index (χ3n) is 7.06. The van der Waals surface area contributed by atoms with E-state index in [9.17, 15) is 41.7 Å². The average Bonchev–Trinajstić information content (AvgIpc) is 3.30. The lowest BCUT2D eigenvalue weighted by atomic mass is 10.0. The predicted octanol–water partition coefficient (Wildman–Crippen LogP) is 5.24. The minimum atomic E-state index is -4.72. The van der Waals surface area contributed by atoms with Gasteiger partial charge in [-0.25, -0.2) is 4.79 Å². The van der Waals surface area contributed by atoms with E-state index in [4.69, 9.17) is 18.5 Å². The highest BCUT2D eigenvalue weighted by Crippen LogP contribution is 2.39. The fourth-order valence-corrected chi connectivity index (χ4v) is 5.40. The van der Waals surface area contributed by atoms with E-state index < -0.39 is 62.5 Å². The van der Waals surface area contributed by atoms with Crippen molar-refractivity contribution in [3.05, 3.63) is 32.9 Å². The number of hydrogen-bond acceptors (Lipinski definition) is 9. The molecule has 258 valence electrons. The summed E-state index contributed by atoms with van der Waals surface area (Å²) in [5.74, 6) is -1.21. The Morgan fingerprint density at radius 3 is 2.05 bits per heavy atom. The van der Waals surface area contributed by atoms with E-state index in [0.29, 0.717) is 19.2 Å². The summed E-state index contributed by atoms with van der Waals surface area (Å²) in [5, 5.41) is 10.1. The summed E-state index contributed by atoms with van der Waals surface area (Å²) in [4.78, 5) is 36.8. The predicted molar refractivity (Wildman–Crippen MR) is 153 cm³/mol. The van der Waals surface area contributed by atoms with Crippen molar-refractivity contribution in [2.45, 2.75) is 121 Å². The number of aliphatic hydroxyl groups is 1. The highest BCUT2D eigenvalue weighted by Gasteiger charge is 2.36. The number of hydrogen-bond donors (Lipinski definition) is 3. The normalized spacial score (nSPS) is 20.0. The van der Waals surface area contributed by atoms with Gasteiger partial charge in [0.15, 0.2) is 0 Å². The highest BCUT2D eigenvalue weighted by atomic mass is 31.2. The lowest BCUT2D eigenvalue weighted by molar-refractivity contribution is -0.229. The molecule has 0 bridgehead atoms. The van der Waals surface area contributed by atoms with E-state index >= 15 is 0 Å². The Labute approximate surface area is 254 Å². The van der Waals surface area contributed by atoms with Crippen molar-refractivity contribution >= 4 is 7.82 Å². The number of unbranched alkanes of at least 4 members (excludes halogenated alkanes) is 12. The van der Waals surface area contributed by atoms with Crippen LogP contribution in [0.3, 0.4) is 0 Å². The second-order valence-electron chi connectivity index (χ2n) is 10.7. The van der Waals surface area contributed by atoms with Gasteiger partial charge in [0.1, 0.15) is 12.3 Å². The largest absolute Gasteiger partial charge is 0.756 e. The minimum absolute atomic E-state index is 0. The molecule has 17 heteroatoms. The molecular formula is C27H48F4N3O9P. The molecule has 1 saturated heterocycles. The van der Waals surface area contributed by atoms with Crippen LogP contribution in [0.1, 0.15) is 103 Å². The van der Waals surface area contributed by atoms with Gasteiger partial charge in [-0.05, 0) is 12.8 Å². The second kappa shape index (κ2) is 21.2. The summed E-state index contributed by atoms with van der Waals surface area (Å²) < 4.78 is 82.8. The van der Waals surface area contributed by atoms with Gasteiger partial charge in [0.2, 0.25) is 5.82 Å². The molecule has 4 unspecified atom stereocenters. The van der Waals surface area contributed by atoms with Crippen LogP contribution >= 0.6 is 7.82 Å². The maximum absolute atomic E-state index is 13.5. The zero-order valence-corrected chi connectivity index (χ0v) is 26.3. The van der Waals surface area contributed by atoms with E-state index in [-0.39, 0.29) is 32.2 Å². The van der Waals surface area contributed by atoms with Crippen molar-refractivity contribution < 1.29 is 50.6 Å². The number of rotatable bonds is 23. The Bertz CT molecular complexity index is 1090. The molecule has 2 rings (SSSR count). The zero-order chi connectivity index (χ0) is 31.7. The third kappa shape index (κ3) is 17.2. The van der Waals surface area contributed by atoms with Gasteiger partial charge in [-0.15, -0.1) is 0 Å². The fourth-order valence-electron chi connectivity index (χ4n) is 4.70. The van der Waals surface area contributed by atoms with Gasteiger partial charge in [0.05, 0.1) is 32.1 Å². The molecule has 0 spiro atoms. The van der Waals surface area contributed by atoms with Crippen LogP contribution in [0, 0.1) is 5.82 Å². The molecule has 6 N–H and O–H groups in total. The molecule has 1 aromatic heterocycles. The van der Waals surface area contributed by atoms with Gasteiger partial charge in [-0.1, -0.05) is 70.6 Å². The van der Waals surface area contributed by atoms with Crippen LogP contribution in [-0.2, 0) is 23.1 Å². The van der Waals surface area contributed by atoms with Crippen molar-refractivity contribution in [1.82, 2.24) is 15.7 Å². The Balaban J connectivity index is 0.00000968. The molecule has 44 heavy (non-hydrogen) atoms. The van der Waals surface area contributed by atoms with Gasteiger partial charge in [-0.3, -0.25) is 18.9 Å². The fraction of sp³-hybridized carbons (Fsp3) is 0.852. The van der Waals surface area contributed by atoms with Crippen molar-refractivity contribution in [3.8, 4) is 0 Å². The second-order valence-corrected chi connectivity index (χ2v) is 12.1. The van der Waals surface area contributed by atoms with E-state index in [2.05, 4.69) is 0 Å². The molecule has 1 aromatic rings. The summed E-state index contributed by atoms with van der Waals surface area (Å²) in [6.45, 7) is -0.334. The summed E-state index contributed by atoms with van der Waals surface area (Å²) in [5.41, 5.74) is -2.13. The van der Waals surface area contributed by atoms with Gasteiger partial charge >= 0.3 is 11.9 Å². The molecule has 0 aromatic carbocycles. The first-order valence-corrected chi connectivity index (χ1v) is 16.4. The topological polar surface area (TPSA) is 189 Å². The van der Waals surface area contributed by atoms with Crippen molar-refractivity contribution in [1.29, 1.82) is 0 Å². The summed E-state index contributed by atoms with van der Waals surface area (Å²) in [6.07, 6.45) is 4.71. The number of H-pyrrole nitrogens is 1. The number of nitrogens with zero attached hydrogens (tertiary/aromatic N) is 1. The van der Waals surface area contributed by atoms with Crippen LogP contribution in [0.4, 0.5) is 17.6 Å². The lowest BCUT2D eigenvalue weighted by Gasteiger charge is -2.25. The van der Waals surface area contributed by atoms with E-state index in [1.807, 2.05) is 0 Å². The first kappa shape index (κ1) is 40.4. The molecule has 0 amide bonds. The van der Waals surface area contributed by atoms with Crippen LogP contribution in [0.5, 0.6) is 0 Å². The molecule has 0 radical (unpaired) electrons. The van der Waals surface area contributed by atoms with Gasteiger partial charge in [-0.2, -0.15) is 17.6 Å². The number of aromatic amines is 1. The number of ether oxygens (including phenoxy) is 2. The number of halogens is 4. The molecule has 1 fully saturated rings. The molecule has 1 aliphatic heterocycles. The summed E-state index contributed by atoms with van der Waals surface area (Å²) in [6, 6.07) is 0. The third-order valence-corrected chi connectivity index (χ3v) is 8.03. The van der Waals surface area contributed by atoms with Crippen LogP contribution in [0.2, 0.25) is 0 Å². The smallest absolute Gasteiger partial charge is 0.389 e. The Morgan fingerprint density at radius 2 is 1.48 bits per heavy atom. The van der Waals surface area contributed by atoms with Crippen LogP contribution in [-0.4, -0.2) is 59.5 Å². The Kier molecular flexibility index (Phi) is 19.5. The molecule has 2 heterocycles. The summed E-state index contributed by atoms with van der Waals surface area (Å²) in [7, 11) is -4.72. The Hall–Kier alpha value is -1.65. The maximum atomic E-state index is 13.5. The lowest BCUT2D eigenvalue weighted by Crippen LogP contribution is -2.34. The van der Waals surface area contributed by atoms with Crippen LogP contribution in [0.15, 0.2) is 15.8 Å². The van der Waals surface area contributed by atoms with Gasteiger partial charge < -0.3 is 34.7 Å². The molecule has 0 aliphatic carbocycles. The molecular weight excluding hydrogens is 617 g/mol. The maximum Gasteiger partial charge on any atom is 0.389 e. The standard InChI is InChI=1S/C27H45F4N2O9P.H3N/c28-21-19-33(26(36)32-25(21)35)24-18-22(34)23(42-24)20-41-43(37,38)40-17-16-39-15-13-11-9-7-5-3-1-2-4-6-8-10-12-14-27(29,30)31;/h19,22-24,34H,1-18,20H2,(H,37,38)(H,32,35,36);1H3. The number of quaternary nitrogens is 1. The first-order valence-electron chi connectivity index (χ1n) is 15.0. The van der Waals surface area contributed by atoms with Crippen molar-refractivity contribution in [2.24, 2.45) is 0 Å². The van der Waals surface area contributed by atoms with E-state index in [1.165, 1.54) is 0 Å². The number of aliphatic hydroxyl groups excluding tert-OH is 1. The van der Waals surface area contributed by atoms with Crippen molar-refractivity contribution in [3.63, 3.8) is 0 Å². The number of phosphoric ester groups is 1. The number of aromatic nitrogens is 2. The van der Waals surface area contributed by atoms with Crippen molar-refractivity contribution in [2.75, 3.05) is 26.4 Å². The van der Waals surface area contributed by atoms with Crippen LogP contribution in [0.25, 0.3) is 0 Å². The molecule has 12 nitrogen and oxygen atoms in total. The number of nitrogens with one attached hydrogen (secondary N) is 1. The molecule has 1 aliphatic rings. The van der Waals surface area contributed by atoms with Crippen LogP contribution < -0.4 is 22.3 Å². The van der Waals surface area contributed by atoms with Gasteiger partial charge in [0.25, 0.3) is 13.4 Å². The monoisotopic (exact) mass is 665 g/mol. The van der Waals surface area contributed by atoms with E-state index in [1.54, 1.807) is 4.98 Å². The summed E-state index contributed by atoms with van der Waals surface area (Å²) >= 11 is 0. The Morgan fingerprint density at radius 1 is 0.932 bits per heavy atom. The molecule has 0 saturated carbocycles. The molecule has 4 atom stereocenters. The number of phosphoric acid groups is 1. The van der Waals surface area contributed by atoms with Gasteiger partial charge in [0, 0.05) is 19.4 Å². The highest BCUT2D eigenvalue weighted by molar-refractivity contribution is 7.45. The average molecular weight is 666 g/mol. The minimum Gasteiger partial charge on any atom is -0.756 e. The quantitative estimate of drug-likeness (QED) is 0.0797. The van der Waals surface area contributed by atoms with E-state index in [0.717, 1.165) is 75.2 Å². The number of alkyl halides is 3. The SMILES string of the molecule is O=c1[nH]c(=O)n(C2CC(O)C(COP(=O)([O-])OCCOCCCCCCCCCCCCCCCC(F)(F)F)O2)cc1F.[NH4+].